The lowest BCUT2D eigenvalue weighted by Gasteiger charge is -2.36. The van der Waals surface area contributed by atoms with Crippen molar-refractivity contribution >= 4 is 42.2 Å². The molecule has 0 heterocycles. The summed E-state index contributed by atoms with van der Waals surface area (Å²) >= 11 is 4.04. The fraction of sp³-hybridized carbons (Fsp3) is 0.783. The number of hydrogen-bond acceptors (Lipinski definition) is 6. The molecule has 5 amide bonds. The molecule has 0 rings (SSSR count). The second-order valence-corrected chi connectivity index (χ2v) is 12.0. The highest BCUT2D eigenvalue weighted by molar-refractivity contribution is 7.80. The molecule has 34 heavy (non-hydrogen) atoms. The fourth-order valence-corrected chi connectivity index (χ4v) is 2.52. The van der Waals surface area contributed by atoms with Crippen LogP contribution in [0.4, 0.5) is 0 Å². The summed E-state index contributed by atoms with van der Waals surface area (Å²) < 4.78 is 0. The van der Waals surface area contributed by atoms with Crippen molar-refractivity contribution in [2.75, 3.05) is 12.3 Å². The summed E-state index contributed by atoms with van der Waals surface area (Å²) in [5, 5.41) is 13.2. The first kappa shape index (κ1) is 31.7. The maximum Gasteiger partial charge on any atom is 0.246 e. The maximum atomic E-state index is 13.0. The van der Waals surface area contributed by atoms with E-state index in [-0.39, 0.29) is 11.8 Å². The second kappa shape index (κ2) is 11.0. The lowest BCUT2D eigenvalue weighted by Crippen LogP contribution is -2.68. The van der Waals surface area contributed by atoms with Gasteiger partial charge in [0, 0.05) is 17.7 Å². The van der Waals surface area contributed by atoms with Gasteiger partial charge in [0.2, 0.25) is 29.5 Å². The summed E-state index contributed by atoms with van der Waals surface area (Å²) in [6.07, 6.45) is 0. The molecule has 0 saturated heterocycles. The van der Waals surface area contributed by atoms with Crippen molar-refractivity contribution in [1.29, 1.82) is 0 Å². The Morgan fingerprint density at radius 2 is 0.765 bits per heavy atom. The van der Waals surface area contributed by atoms with Crippen LogP contribution in [0.15, 0.2) is 0 Å². The quantitative estimate of drug-likeness (QED) is 0.244. The van der Waals surface area contributed by atoms with Crippen LogP contribution in [0.1, 0.15) is 76.2 Å². The molecule has 196 valence electrons. The molecule has 0 aromatic rings. The molecule has 0 spiro atoms. The minimum Gasteiger partial charge on any atom is -0.353 e. The Balaban J connectivity index is 5.33. The van der Waals surface area contributed by atoms with Gasteiger partial charge in [-0.15, -0.1) is 0 Å². The number of thiol groups is 1. The van der Waals surface area contributed by atoms with Gasteiger partial charge in [0.1, 0.15) is 22.2 Å². The van der Waals surface area contributed by atoms with Gasteiger partial charge in [-0.2, -0.15) is 12.6 Å². The average Bonchev–Trinajstić information content (AvgIpc) is 2.63. The Bertz CT molecular complexity index is 813. The van der Waals surface area contributed by atoms with Crippen LogP contribution in [-0.4, -0.2) is 64.0 Å². The van der Waals surface area contributed by atoms with Gasteiger partial charge in [-0.3, -0.25) is 24.0 Å². The Kier molecular flexibility index (Phi) is 10.2. The minimum absolute atomic E-state index is 0.311. The molecule has 0 bridgehead atoms. The standard InChI is InChI=1S/C23H43N5O5S/c1-19(2,3)14(29)25-21(6,7)16(31)27-23(10,11)18(33)28-22(8,9)17(32)26-20(4,5)15(30)24-12-13-34/h34H,12-13H2,1-11H3,(H,24,30)(H,25,29)(H,26,32)(H,27,31)(H,28,33). The van der Waals surface area contributed by atoms with E-state index in [9.17, 15) is 24.0 Å². The van der Waals surface area contributed by atoms with Crippen LogP contribution in [-0.2, 0) is 24.0 Å². The van der Waals surface area contributed by atoms with Gasteiger partial charge in [-0.25, -0.2) is 0 Å². The van der Waals surface area contributed by atoms with E-state index in [1.807, 2.05) is 0 Å². The fourth-order valence-electron chi connectivity index (χ4n) is 2.41. The first-order chi connectivity index (χ1) is 15.0. The number of carbonyl (C=O) groups is 5. The third-order valence-electron chi connectivity index (χ3n) is 5.05. The highest BCUT2D eigenvalue weighted by Crippen LogP contribution is 2.17. The molecule has 10 nitrogen and oxygen atoms in total. The predicted molar refractivity (Wildman–Crippen MR) is 135 cm³/mol. The number of rotatable bonds is 10. The number of hydrogen-bond donors (Lipinski definition) is 6. The van der Waals surface area contributed by atoms with Crippen LogP contribution in [0.5, 0.6) is 0 Å². The number of carbonyl (C=O) groups excluding carboxylic acids is 5. The van der Waals surface area contributed by atoms with Gasteiger partial charge in [-0.1, -0.05) is 20.8 Å². The Morgan fingerprint density at radius 1 is 0.500 bits per heavy atom. The van der Waals surface area contributed by atoms with Crippen LogP contribution in [0.2, 0.25) is 0 Å². The summed E-state index contributed by atoms with van der Waals surface area (Å²) in [5.41, 5.74) is -5.99. The molecule has 0 fully saturated rings. The largest absolute Gasteiger partial charge is 0.353 e. The molecule has 0 aliphatic heterocycles. The van der Waals surface area contributed by atoms with E-state index in [0.29, 0.717) is 12.3 Å². The molecule has 0 aromatic carbocycles. The van der Waals surface area contributed by atoms with Crippen LogP contribution < -0.4 is 26.6 Å². The Hall–Kier alpha value is -2.30. The lowest BCUT2D eigenvalue weighted by molar-refractivity contribution is -0.141. The molecule has 0 saturated carbocycles. The van der Waals surface area contributed by atoms with E-state index < -0.39 is 45.3 Å². The topological polar surface area (TPSA) is 146 Å². The first-order valence-corrected chi connectivity index (χ1v) is 11.8. The zero-order valence-corrected chi connectivity index (χ0v) is 23.3. The van der Waals surface area contributed by atoms with Gasteiger partial charge in [0.25, 0.3) is 0 Å². The summed E-state index contributed by atoms with van der Waals surface area (Å²) in [4.78, 5) is 63.3. The molecule has 0 aliphatic carbocycles. The van der Waals surface area contributed by atoms with Crippen molar-refractivity contribution in [3.05, 3.63) is 0 Å². The van der Waals surface area contributed by atoms with Gasteiger partial charge in [0.05, 0.1) is 0 Å². The van der Waals surface area contributed by atoms with Crippen LogP contribution in [0, 0.1) is 5.41 Å². The SMILES string of the molecule is CC(C)(C)C(=O)NC(C)(C)C(=O)NC(C)(C)C(=O)NC(C)(C)C(=O)NC(C)(C)C(=O)NCCS. The molecular weight excluding hydrogens is 458 g/mol. The van der Waals surface area contributed by atoms with Gasteiger partial charge in [-0.05, 0) is 55.4 Å². The predicted octanol–water partition coefficient (Wildman–Crippen LogP) is 0.658. The van der Waals surface area contributed by atoms with E-state index in [1.54, 1.807) is 34.6 Å². The first-order valence-electron chi connectivity index (χ1n) is 11.2. The summed E-state index contributed by atoms with van der Waals surface area (Å²) in [5.74, 6) is -2.00. The lowest BCUT2D eigenvalue weighted by atomic mass is 9.92. The zero-order valence-electron chi connectivity index (χ0n) is 22.4. The second-order valence-electron chi connectivity index (χ2n) is 11.5. The Labute approximate surface area is 208 Å². The number of nitrogens with one attached hydrogen (secondary N) is 5. The van der Waals surface area contributed by atoms with E-state index >= 15 is 0 Å². The van der Waals surface area contributed by atoms with Crippen LogP contribution >= 0.6 is 12.6 Å². The monoisotopic (exact) mass is 501 g/mol. The molecule has 0 atom stereocenters. The third kappa shape index (κ3) is 9.15. The number of amides is 5. The summed E-state index contributed by atoms with van der Waals surface area (Å²) in [6, 6.07) is 0. The van der Waals surface area contributed by atoms with Gasteiger partial charge in [0.15, 0.2) is 0 Å². The van der Waals surface area contributed by atoms with Crippen molar-refractivity contribution in [2.24, 2.45) is 5.41 Å². The maximum absolute atomic E-state index is 13.0. The molecule has 0 radical (unpaired) electrons. The summed E-state index contributed by atoms with van der Waals surface area (Å²) in [7, 11) is 0. The van der Waals surface area contributed by atoms with E-state index in [4.69, 9.17) is 0 Å². The molecule has 0 unspecified atom stereocenters. The van der Waals surface area contributed by atoms with Crippen molar-refractivity contribution < 1.29 is 24.0 Å². The van der Waals surface area contributed by atoms with Gasteiger partial charge >= 0.3 is 0 Å². The van der Waals surface area contributed by atoms with Gasteiger partial charge < -0.3 is 26.6 Å². The van der Waals surface area contributed by atoms with E-state index in [0.717, 1.165) is 0 Å². The molecule has 5 N–H and O–H groups in total. The molecular formula is C23H43N5O5S. The van der Waals surface area contributed by atoms with E-state index in [2.05, 4.69) is 39.2 Å². The van der Waals surface area contributed by atoms with E-state index in [1.165, 1.54) is 41.5 Å². The molecule has 0 aromatic heterocycles. The summed E-state index contributed by atoms with van der Waals surface area (Å²) in [6.45, 7) is 17.7. The van der Waals surface area contributed by atoms with Crippen molar-refractivity contribution in [3.63, 3.8) is 0 Å². The van der Waals surface area contributed by atoms with Crippen LogP contribution in [0.3, 0.4) is 0 Å². The minimum atomic E-state index is -1.40. The van der Waals surface area contributed by atoms with Crippen molar-refractivity contribution in [3.8, 4) is 0 Å². The molecule has 11 heteroatoms. The van der Waals surface area contributed by atoms with Crippen molar-refractivity contribution in [2.45, 2.75) is 98.3 Å². The third-order valence-corrected chi connectivity index (χ3v) is 5.28. The zero-order chi connectivity index (χ0) is 27.3. The Morgan fingerprint density at radius 3 is 1.03 bits per heavy atom. The normalized spacial score (nSPS) is 12.9. The van der Waals surface area contributed by atoms with Crippen LogP contribution in [0.25, 0.3) is 0 Å². The highest BCUT2D eigenvalue weighted by Gasteiger charge is 2.42. The average molecular weight is 502 g/mol. The smallest absolute Gasteiger partial charge is 0.246 e. The highest BCUT2D eigenvalue weighted by atomic mass is 32.1. The molecule has 0 aliphatic rings. The van der Waals surface area contributed by atoms with Crippen molar-refractivity contribution in [1.82, 2.24) is 26.6 Å².